The highest BCUT2D eigenvalue weighted by molar-refractivity contribution is 9.10. The van der Waals surface area contributed by atoms with Crippen LogP contribution in [0, 0.1) is 11.3 Å². The first-order valence-electron chi connectivity index (χ1n) is 6.19. The molecular formula is C12H18BrNO4S. The Bertz CT molecular complexity index is 560. The van der Waals surface area contributed by atoms with Crippen LogP contribution in [0.2, 0.25) is 0 Å². The van der Waals surface area contributed by atoms with Gasteiger partial charge in [-0.05, 0) is 40.1 Å². The second-order valence-electron chi connectivity index (χ2n) is 5.35. The van der Waals surface area contributed by atoms with Crippen LogP contribution in [0.25, 0.3) is 0 Å². The van der Waals surface area contributed by atoms with Crippen molar-refractivity contribution < 1.29 is 17.9 Å². The molecule has 5 nitrogen and oxygen atoms in total. The first-order valence-corrected chi connectivity index (χ1v) is 8.47. The average Bonchev–Trinajstić information content (AvgIpc) is 3.04. The smallest absolute Gasteiger partial charge is 0.244 e. The molecule has 108 valence electrons. The first kappa shape index (κ1) is 15.0. The maximum absolute atomic E-state index is 12.2. The summed E-state index contributed by atoms with van der Waals surface area (Å²) in [5, 5.41) is 8.95. The van der Waals surface area contributed by atoms with Crippen LogP contribution in [0.15, 0.2) is 20.0 Å². The largest absolute Gasteiger partial charge is 0.450 e. The zero-order valence-corrected chi connectivity index (χ0v) is 13.3. The molecule has 19 heavy (non-hydrogen) atoms. The standard InChI is InChI=1S/C12H18BrNO4S/c1-8(2)12(3-4-12)7-14-19(16,17)10-5-9(6-15)18-11(10)13/h5,8,14-15H,3-4,6-7H2,1-2H3. The summed E-state index contributed by atoms with van der Waals surface area (Å²) in [5.41, 5.74) is 0.100. The first-order chi connectivity index (χ1) is 8.81. The molecule has 0 radical (unpaired) electrons. The van der Waals surface area contributed by atoms with Gasteiger partial charge in [-0.15, -0.1) is 0 Å². The number of hydrogen-bond acceptors (Lipinski definition) is 4. The van der Waals surface area contributed by atoms with E-state index in [1.54, 1.807) is 0 Å². The topological polar surface area (TPSA) is 79.5 Å². The molecule has 0 aliphatic heterocycles. The van der Waals surface area contributed by atoms with Crippen LogP contribution in [0.4, 0.5) is 0 Å². The fourth-order valence-electron chi connectivity index (χ4n) is 2.09. The molecule has 1 aliphatic carbocycles. The highest BCUT2D eigenvalue weighted by atomic mass is 79.9. The van der Waals surface area contributed by atoms with Crippen LogP contribution in [0.3, 0.4) is 0 Å². The van der Waals surface area contributed by atoms with Crippen LogP contribution >= 0.6 is 15.9 Å². The summed E-state index contributed by atoms with van der Waals surface area (Å²) in [7, 11) is -3.61. The highest BCUT2D eigenvalue weighted by Crippen LogP contribution is 2.51. The minimum Gasteiger partial charge on any atom is -0.450 e. The van der Waals surface area contributed by atoms with Crippen LogP contribution in [-0.4, -0.2) is 20.1 Å². The van der Waals surface area contributed by atoms with Crippen molar-refractivity contribution in [1.82, 2.24) is 4.72 Å². The molecule has 0 unspecified atom stereocenters. The molecule has 0 bridgehead atoms. The molecule has 0 aromatic carbocycles. The van der Waals surface area contributed by atoms with E-state index in [0.29, 0.717) is 12.5 Å². The Hall–Kier alpha value is -0.370. The van der Waals surface area contributed by atoms with Crippen LogP contribution in [0.5, 0.6) is 0 Å². The lowest BCUT2D eigenvalue weighted by molar-refractivity contribution is 0.245. The molecule has 7 heteroatoms. The fraction of sp³-hybridized carbons (Fsp3) is 0.667. The van der Waals surface area contributed by atoms with Gasteiger partial charge in [0.1, 0.15) is 17.3 Å². The van der Waals surface area contributed by atoms with Gasteiger partial charge in [-0.3, -0.25) is 0 Å². The van der Waals surface area contributed by atoms with Gasteiger partial charge < -0.3 is 9.52 Å². The highest BCUT2D eigenvalue weighted by Gasteiger charge is 2.45. The van der Waals surface area contributed by atoms with E-state index in [1.807, 2.05) is 0 Å². The number of aliphatic hydroxyl groups is 1. The van der Waals surface area contributed by atoms with Gasteiger partial charge in [-0.1, -0.05) is 13.8 Å². The monoisotopic (exact) mass is 351 g/mol. The van der Waals surface area contributed by atoms with Crippen molar-refractivity contribution in [3.05, 3.63) is 16.5 Å². The lowest BCUT2D eigenvalue weighted by Gasteiger charge is -2.19. The fourth-order valence-corrected chi connectivity index (χ4v) is 4.23. The Kier molecular flexibility index (Phi) is 4.11. The number of halogens is 1. The van der Waals surface area contributed by atoms with E-state index in [1.165, 1.54) is 6.07 Å². The van der Waals surface area contributed by atoms with Crippen LogP contribution < -0.4 is 4.72 Å². The Morgan fingerprint density at radius 1 is 1.53 bits per heavy atom. The molecule has 2 N–H and O–H groups in total. The summed E-state index contributed by atoms with van der Waals surface area (Å²) in [5.74, 6) is 0.674. The molecule has 1 aromatic heterocycles. The maximum atomic E-state index is 12.2. The van der Waals surface area contributed by atoms with Crippen LogP contribution in [0.1, 0.15) is 32.4 Å². The maximum Gasteiger partial charge on any atom is 0.244 e. The molecular weight excluding hydrogens is 334 g/mol. The van der Waals surface area contributed by atoms with Crippen molar-refractivity contribution in [2.75, 3.05) is 6.54 Å². The van der Waals surface area contributed by atoms with Crippen LogP contribution in [-0.2, 0) is 16.6 Å². The van der Waals surface area contributed by atoms with Gasteiger partial charge >= 0.3 is 0 Å². The normalized spacial score (nSPS) is 17.9. The van der Waals surface area contributed by atoms with E-state index < -0.39 is 10.0 Å². The number of nitrogens with one attached hydrogen (secondary N) is 1. The van der Waals surface area contributed by atoms with Gasteiger partial charge in [-0.2, -0.15) is 0 Å². The van der Waals surface area contributed by atoms with E-state index in [0.717, 1.165) is 12.8 Å². The van der Waals surface area contributed by atoms with Crippen molar-refractivity contribution in [2.24, 2.45) is 11.3 Å². The summed E-state index contributed by atoms with van der Waals surface area (Å²) in [6, 6.07) is 1.33. The van der Waals surface area contributed by atoms with Crippen molar-refractivity contribution in [3.8, 4) is 0 Å². The molecule has 1 fully saturated rings. The zero-order chi connectivity index (χ0) is 14.3. The van der Waals surface area contributed by atoms with Gasteiger partial charge in [0.2, 0.25) is 10.0 Å². The molecule has 0 amide bonds. The van der Waals surface area contributed by atoms with E-state index in [-0.39, 0.29) is 27.3 Å². The molecule has 1 saturated carbocycles. The molecule has 0 atom stereocenters. The zero-order valence-electron chi connectivity index (χ0n) is 10.9. The summed E-state index contributed by atoms with van der Waals surface area (Å²) < 4.78 is 32.2. The summed E-state index contributed by atoms with van der Waals surface area (Å²) in [6.07, 6.45) is 2.11. The lowest BCUT2D eigenvalue weighted by Crippen LogP contribution is -2.32. The number of furan rings is 1. The average molecular weight is 352 g/mol. The van der Waals surface area contributed by atoms with E-state index in [2.05, 4.69) is 34.5 Å². The van der Waals surface area contributed by atoms with Gasteiger partial charge in [0, 0.05) is 12.6 Å². The summed E-state index contributed by atoms with van der Waals surface area (Å²) >= 11 is 3.06. The van der Waals surface area contributed by atoms with E-state index >= 15 is 0 Å². The Balaban J connectivity index is 2.12. The molecule has 2 rings (SSSR count). The molecule has 1 aromatic rings. The van der Waals surface area contributed by atoms with Gasteiger partial charge in [0.05, 0.1) is 0 Å². The SMILES string of the molecule is CC(C)C1(CNS(=O)(=O)c2cc(CO)oc2Br)CC1. The second-order valence-corrected chi connectivity index (χ2v) is 7.81. The number of sulfonamides is 1. The molecule has 1 heterocycles. The van der Waals surface area contributed by atoms with E-state index in [4.69, 9.17) is 9.52 Å². The van der Waals surface area contributed by atoms with Gasteiger partial charge in [0.25, 0.3) is 0 Å². The van der Waals surface area contributed by atoms with Crippen molar-refractivity contribution >= 4 is 26.0 Å². The molecule has 0 saturated heterocycles. The second kappa shape index (κ2) is 5.20. The summed E-state index contributed by atoms with van der Waals surface area (Å²) in [4.78, 5) is 0.0381. The minimum atomic E-state index is -3.61. The number of rotatable bonds is 6. The van der Waals surface area contributed by atoms with Crippen molar-refractivity contribution in [1.29, 1.82) is 0 Å². The predicted molar refractivity (Wildman–Crippen MR) is 74.0 cm³/mol. The third kappa shape index (κ3) is 3.04. The third-order valence-electron chi connectivity index (χ3n) is 3.88. The Morgan fingerprint density at radius 3 is 2.58 bits per heavy atom. The van der Waals surface area contributed by atoms with Crippen molar-refractivity contribution in [2.45, 2.75) is 38.2 Å². The Labute approximate surface area is 121 Å². The van der Waals surface area contributed by atoms with Gasteiger partial charge in [0.15, 0.2) is 4.67 Å². The van der Waals surface area contributed by atoms with E-state index in [9.17, 15) is 8.42 Å². The lowest BCUT2D eigenvalue weighted by atomic mass is 9.93. The predicted octanol–water partition coefficient (Wildman–Crippen LogP) is 2.25. The quantitative estimate of drug-likeness (QED) is 0.823. The minimum absolute atomic E-state index is 0.0381. The Morgan fingerprint density at radius 2 is 2.16 bits per heavy atom. The summed E-state index contributed by atoms with van der Waals surface area (Å²) in [6.45, 7) is 4.33. The number of hydrogen-bond donors (Lipinski definition) is 2. The number of aliphatic hydroxyl groups excluding tert-OH is 1. The van der Waals surface area contributed by atoms with Gasteiger partial charge in [-0.25, -0.2) is 13.1 Å². The molecule has 1 aliphatic rings. The molecule has 0 spiro atoms. The van der Waals surface area contributed by atoms with Crippen molar-refractivity contribution in [3.63, 3.8) is 0 Å². The third-order valence-corrected chi connectivity index (χ3v) is 6.14.